The Kier molecular flexibility index (Phi) is 6.32. The summed E-state index contributed by atoms with van der Waals surface area (Å²) < 4.78 is 31.3. The van der Waals surface area contributed by atoms with Gasteiger partial charge in [-0.2, -0.15) is 0 Å². The minimum Gasteiger partial charge on any atom is -0.494 e. The quantitative estimate of drug-likeness (QED) is 0.742. The largest absolute Gasteiger partial charge is 0.494 e. The SMILES string of the molecule is CCOc1ccc(N([C@@H](C)C(=O)N(C)C2CCCC2)S(C)(=O)=O)cc1. The molecule has 1 aliphatic rings. The van der Waals surface area contributed by atoms with Crippen LogP contribution >= 0.6 is 0 Å². The number of nitrogens with zero attached hydrogens (tertiary/aromatic N) is 2. The van der Waals surface area contributed by atoms with Crippen LogP contribution in [0.25, 0.3) is 0 Å². The average molecular weight is 368 g/mol. The maximum absolute atomic E-state index is 12.9. The molecule has 0 N–H and O–H groups in total. The molecule has 0 aromatic heterocycles. The van der Waals surface area contributed by atoms with E-state index in [2.05, 4.69) is 0 Å². The van der Waals surface area contributed by atoms with Crippen molar-refractivity contribution in [1.29, 1.82) is 0 Å². The summed E-state index contributed by atoms with van der Waals surface area (Å²) in [6.45, 7) is 4.07. The standard InChI is InChI=1S/C18H28N2O4S/c1-5-24-17-12-10-16(11-13-17)20(25(4,22)23)14(2)18(21)19(3)15-8-6-7-9-15/h10-15H,5-9H2,1-4H3/t14-/m0/s1. The lowest BCUT2D eigenvalue weighted by atomic mass is 10.2. The van der Waals surface area contributed by atoms with Crippen LogP contribution in [0.3, 0.4) is 0 Å². The molecule has 7 heteroatoms. The van der Waals surface area contributed by atoms with Gasteiger partial charge in [-0.1, -0.05) is 12.8 Å². The van der Waals surface area contributed by atoms with Crippen molar-refractivity contribution in [3.63, 3.8) is 0 Å². The Bertz CT molecular complexity index is 682. The van der Waals surface area contributed by atoms with Crippen LogP contribution in [0.5, 0.6) is 5.75 Å². The van der Waals surface area contributed by atoms with Crippen molar-refractivity contribution in [3.8, 4) is 5.75 Å². The average Bonchev–Trinajstić information content (AvgIpc) is 3.08. The molecule has 25 heavy (non-hydrogen) atoms. The summed E-state index contributed by atoms with van der Waals surface area (Å²) in [6.07, 6.45) is 5.33. The zero-order valence-electron chi connectivity index (χ0n) is 15.4. The van der Waals surface area contributed by atoms with Crippen LogP contribution in [0.2, 0.25) is 0 Å². The summed E-state index contributed by atoms with van der Waals surface area (Å²) in [5.74, 6) is 0.493. The fraction of sp³-hybridized carbons (Fsp3) is 0.611. The molecular weight excluding hydrogens is 340 g/mol. The lowest BCUT2D eigenvalue weighted by molar-refractivity contribution is -0.132. The first-order valence-corrected chi connectivity index (χ1v) is 10.6. The first kappa shape index (κ1) is 19.6. The van der Waals surface area contributed by atoms with Gasteiger partial charge in [-0.15, -0.1) is 0 Å². The first-order chi connectivity index (χ1) is 11.8. The van der Waals surface area contributed by atoms with Gasteiger partial charge in [0, 0.05) is 13.1 Å². The third kappa shape index (κ3) is 4.66. The molecule has 0 bridgehead atoms. The Morgan fingerprint density at radius 2 is 1.80 bits per heavy atom. The van der Waals surface area contributed by atoms with Crippen LogP contribution in [0.15, 0.2) is 24.3 Å². The van der Waals surface area contributed by atoms with Crippen molar-refractivity contribution >= 4 is 21.6 Å². The third-order valence-electron chi connectivity index (χ3n) is 4.69. The van der Waals surface area contributed by atoms with Gasteiger partial charge in [0.15, 0.2) is 0 Å². The monoisotopic (exact) mass is 368 g/mol. The molecule has 0 aliphatic heterocycles. The molecule has 6 nitrogen and oxygen atoms in total. The van der Waals surface area contributed by atoms with E-state index in [1.807, 2.05) is 6.92 Å². The Balaban J connectivity index is 2.25. The number of ether oxygens (including phenoxy) is 1. The molecule has 1 amide bonds. The Morgan fingerprint density at radius 3 is 2.28 bits per heavy atom. The molecule has 0 unspecified atom stereocenters. The third-order valence-corrected chi connectivity index (χ3v) is 5.93. The maximum Gasteiger partial charge on any atom is 0.246 e. The van der Waals surface area contributed by atoms with Crippen LogP contribution in [-0.4, -0.2) is 51.2 Å². The second-order valence-corrected chi connectivity index (χ2v) is 8.41. The molecule has 1 fully saturated rings. The van der Waals surface area contributed by atoms with Crippen molar-refractivity contribution in [2.75, 3.05) is 24.2 Å². The number of carbonyl (C=O) groups is 1. The number of hydrogen-bond acceptors (Lipinski definition) is 4. The van der Waals surface area contributed by atoms with E-state index >= 15 is 0 Å². The number of likely N-dealkylation sites (N-methyl/N-ethyl adjacent to an activating group) is 1. The van der Waals surface area contributed by atoms with Crippen molar-refractivity contribution < 1.29 is 17.9 Å². The molecule has 140 valence electrons. The van der Waals surface area contributed by atoms with Crippen molar-refractivity contribution in [3.05, 3.63) is 24.3 Å². The van der Waals surface area contributed by atoms with E-state index in [1.54, 1.807) is 43.1 Å². The van der Waals surface area contributed by atoms with Crippen molar-refractivity contribution in [2.45, 2.75) is 51.6 Å². The Morgan fingerprint density at radius 1 is 1.24 bits per heavy atom. The molecule has 0 radical (unpaired) electrons. The van der Waals surface area contributed by atoms with E-state index < -0.39 is 16.1 Å². The maximum atomic E-state index is 12.9. The summed E-state index contributed by atoms with van der Waals surface area (Å²) in [4.78, 5) is 14.6. The van der Waals surface area contributed by atoms with Crippen molar-refractivity contribution in [1.82, 2.24) is 4.90 Å². The van der Waals surface area contributed by atoms with Crippen LogP contribution in [0.1, 0.15) is 39.5 Å². The van der Waals surface area contributed by atoms with Gasteiger partial charge >= 0.3 is 0 Å². The van der Waals surface area contributed by atoms with Crippen LogP contribution < -0.4 is 9.04 Å². The number of anilines is 1. The zero-order valence-corrected chi connectivity index (χ0v) is 16.3. The number of benzene rings is 1. The lowest BCUT2D eigenvalue weighted by Gasteiger charge is -2.33. The second kappa shape index (κ2) is 8.08. The summed E-state index contributed by atoms with van der Waals surface area (Å²) in [5.41, 5.74) is 0.464. The van der Waals surface area contributed by atoms with Gasteiger partial charge in [0.1, 0.15) is 11.8 Å². The topological polar surface area (TPSA) is 66.9 Å². The molecule has 1 aromatic carbocycles. The second-order valence-electron chi connectivity index (χ2n) is 6.55. The van der Waals surface area contributed by atoms with Crippen molar-refractivity contribution in [2.24, 2.45) is 0 Å². The van der Waals surface area contributed by atoms with Gasteiger partial charge < -0.3 is 9.64 Å². The number of sulfonamides is 1. The highest BCUT2D eigenvalue weighted by atomic mass is 32.2. The van der Waals surface area contributed by atoms with Crippen LogP contribution in [0.4, 0.5) is 5.69 Å². The van der Waals surface area contributed by atoms with E-state index in [-0.39, 0.29) is 11.9 Å². The predicted octanol–water partition coefficient (Wildman–Crippen LogP) is 2.64. The zero-order chi connectivity index (χ0) is 18.6. The van der Waals surface area contributed by atoms with Crippen LogP contribution in [-0.2, 0) is 14.8 Å². The van der Waals surface area contributed by atoms with E-state index in [9.17, 15) is 13.2 Å². The van der Waals surface area contributed by atoms with Gasteiger partial charge in [0.2, 0.25) is 15.9 Å². The summed E-state index contributed by atoms with van der Waals surface area (Å²) in [5, 5.41) is 0. The predicted molar refractivity (Wildman–Crippen MR) is 99.4 cm³/mol. The minimum atomic E-state index is -3.60. The van der Waals surface area contributed by atoms with Gasteiger partial charge in [-0.05, 0) is 51.0 Å². The van der Waals surface area contributed by atoms with E-state index in [0.717, 1.165) is 31.9 Å². The summed E-state index contributed by atoms with van der Waals surface area (Å²) >= 11 is 0. The molecule has 1 saturated carbocycles. The summed E-state index contributed by atoms with van der Waals surface area (Å²) in [7, 11) is -1.83. The smallest absolute Gasteiger partial charge is 0.246 e. The molecule has 1 aromatic rings. The molecule has 1 atom stereocenters. The normalized spacial score (nSPS) is 16.5. The van der Waals surface area contributed by atoms with Gasteiger partial charge in [-0.3, -0.25) is 9.10 Å². The van der Waals surface area contributed by atoms with Gasteiger partial charge in [0.05, 0.1) is 18.6 Å². The van der Waals surface area contributed by atoms with Crippen LogP contribution in [0, 0.1) is 0 Å². The minimum absolute atomic E-state index is 0.175. The molecule has 1 aliphatic carbocycles. The Labute approximate surface area is 150 Å². The molecule has 0 spiro atoms. The highest BCUT2D eigenvalue weighted by Crippen LogP contribution is 2.27. The van der Waals surface area contributed by atoms with E-state index in [0.29, 0.717) is 18.0 Å². The van der Waals surface area contributed by atoms with Gasteiger partial charge in [0.25, 0.3) is 0 Å². The number of hydrogen-bond donors (Lipinski definition) is 0. The Hall–Kier alpha value is -1.76. The molecule has 2 rings (SSSR count). The highest BCUT2D eigenvalue weighted by Gasteiger charge is 2.33. The highest BCUT2D eigenvalue weighted by molar-refractivity contribution is 7.92. The van der Waals surface area contributed by atoms with E-state index in [4.69, 9.17) is 4.74 Å². The number of rotatable bonds is 7. The molecule has 0 heterocycles. The molecular formula is C18H28N2O4S. The number of amides is 1. The van der Waals surface area contributed by atoms with Gasteiger partial charge in [-0.25, -0.2) is 8.42 Å². The lowest BCUT2D eigenvalue weighted by Crippen LogP contribution is -2.50. The molecule has 0 saturated heterocycles. The first-order valence-electron chi connectivity index (χ1n) is 8.74. The number of carbonyl (C=O) groups excluding carboxylic acids is 1. The fourth-order valence-electron chi connectivity index (χ4n) is 3.42. The van der Waals surface area contributed by atoms with E-state index in [1.165, 1.54) is 4.31 Å². The summed E-state index contributed by atoms with van der Waals surface area (Å²) in [6, 6.07) is 6.19. The fourth-order valence-corrected chi connectivity index (χ4v) is 4.59.